The third kappa shape index (κ3) is 5.50. The van der Waals surface area contributed by atoms with Gasteiger partial charge in [0, 0.05) is 19.2 Å². The molecular weight excluding hydrogens is 552 g/mol. The van der Waals surface area contributed by atoms with E-state index in [2.05, 4.69) is 21.7 Å². The number of amides is 4. The summed E-state index contributed by atoms with van der Waals surface area (Å²) in [5.41, 5.74) is -2.10. The second kappa shape index (κ2) is 10.7. The van der Waals surface area contributed by atoms with Gasteiger partial charge in [-0.1, -0.05) is 20.8 Å². The van der Waals surface area contributed by atoms with E-state index in [1.54, 1.807) is 23.2 Å². The van der Waals surface area contributed by atoms with Crippen molar-refractivity contribution in [1.29, 1.82) is 5.26 Å². The summed E-state index contributed by atoms with van der Waals surface area (Å²) in [5.74, 6) is -0.509. The lowest BCUT2D eigenvalue weighted by Gasteiger charge is -2.44. The van der Waals surface area contributed by atoms with E-state index in [1.807, 2.05) is 20.8 Å². The molecule has 4 amide bonds. The predicted molar refractivity (Wildman–Crippen MR) is 153 cm³/mol. The quantitative estimate of drug-likeness (QED) is 0.541. The molecule has 12 nitrogen and oxygen atoms in total. The number of aromatic nitrogens is 1. The Morgan fingerprint density at radius 1 is 1.19 bits per heavy atom. The number of nitriles is 1. The third-order valence-electron chi connectivity index (χ3n) is 9.84. The fraction of sp³-hybridized carbons (Fsp3) is 0.677. The number of fused-ring (bicyclic) bond motifs is 1. The molecule has 2 N–H and O–H groups in total. The highest BCUT2D eigenvalue weighted by molar-refractivity contribution is 6.01. The molecule has 2 spiro atoms. The first-order chi connectivity index (χ1) is 20.4. The van der Waals surface area contributed by atoms with E-state index >= 15 is 0 Å². The molecule has 4 fully saturated rings. The first kappa shape index (κ1) is 29.2. The van der Waals surface area contributed by atoms with E-state index < -0.39 is 41.1 Å². The average Bonchev–Trinajstić information content (AvgIpc) is 3.34. The molecule has 12 heteroatoms. The highest BCUT2D eigenvalue weighted by Gasteiger charge is 2.59. The van der Waals surface area contributed by atoms with E-state index in [1.165, 1.54) is 4.90 Å². The molecule has 0 radical (unpaired) electrons. The molecule has 43 heavy (non-hydrogen) atoms. The number of hydrogen-bond acceptors (Lipinski definition) is 8. The molecule has 3 aliphatic heterocycles. The molecule has 2 saturated carbocycles. The molecule has 0 bridgehead atoms. The zero-order chi connectivity index (χ0) is 30.6. The second-order valence-corrected chi connectivity index (χ2v) is 14.0. The standard InChI is InChI=1S/C31H40N6O6/c1-29(2,3)23(34-28(41)42-20-7-4-5-8-20)26(39)36-14-12-30(10-11-30)16-21(36)25(38)37-18-31(15-19(37)17-32)27(40)35-24-22(43-31)9-6-13-33-24/h6,9,13,19-21,23H,4-5,7-8,10-12,14-16,18H2,1-3H3,(H,34,41)(H,33,35,40). The van der Waals surface area contributed by atoms with Gasteiger partial charge in [-0.05, 0) is 74.3 Å². The van der Waals surface area contributed by atoms with Gasteiger partial charge in [0.2, 0.25) is 17.4 Å². The lowest BCUT2D eigenvalue weighted by atomic mass is 9.82. The van der Waals surface area contributed by atoms with Crippen molar-refractivity contribution in [2.75, 3.05) is 18.4 Å². The number of nitrogens with zero attached hydrogens (tertiary/aromatic N) is 4. The van der Waals surface area contributed by atoms with Crippen LogP contribution < -0.4 is 15.4 Å². The summed E-state index contributed by atoms with van der Waals surface area (Å²) >= 11 is 0. The molecule has 230 valence electrons. The van der Waals surface area contributed by atoms with Crippen molar-refractivity contribution in [3.63, 3.8) is 0 Å². The number of nitrogens with one attached hydrogen (secondary N) is 2. The van der Waals surface area contributed by atoms with Crippen molar-refractivity contribution < 1.29 is 28.7 Å². The number of hydrogen-bond donors (Lipinski definition) is 2. The van der Waals surface area contributed by atoms with Crippen molar-refractivity contribution in [2.45, 2.75) is 108 Å². The minimum atomic E-state index is -1.44. The van der Waals surface area contributed by atoms with Crippen LogP contribution in [0, 0.1) is 22.2 Å². The summed E-state index contributed by atoms with van der Waals surface area (Å²) in [7, 11) is 0. The van der Waals surface area contributed by atoms with E-state index in [-0.39, 0.29) is 36.3 Å². The normalized spacial score (nSPS) is 28.5. The average molecular weight is 593 g/mol. The Hall–Kier alpha value is -3.88. The van der Waals surface area contributed by atoms with Gasteiger partial charge in [0.15, 0.2) is 11.6 Å². The van der Waals surface area contributed by atoms with Gasteiger partial charge in [0.25, 0.3) is 5.91 Å². The molecule has 2 saturated heterocycles. The zero-order valence-corrected chi connectivity index (χ0v) is 25.1. The molecule has 4 unspecified atom stereocenters. The Balaban J connectivity index is 1.24. The van der Waals surface area contributed by atoms with Crippen LogP contribution in [0.1, 0.15) is 78.6 Å². The topological polar surface area (TPSA) is 154 Å². The minimum absolute atomic E-state index is 0.000393. The molecule has 5 aliphatic rings. The Morgan fingerprint density at radius 3 is 2.60 bits per heavy atom. The van der Waals surface area contributed by atoms with Crippen molar-refractivity contribution in [3.8, 4) is 11.8 Å². The second-order valence-electron chi connectivity index (χ2n) is 14.0. The minimum Gasteiger partial charge on any atom is -0.472 e. The highest BCUT2D eigenvalue weighted by Crippen LogP contribution is 2.55. The molecule has 1 aromatic heterocycles. The van der Waals surface area contributed by atoms with Gasteiger partial charge in [-0.15, -0.1) is 0 Å². The van der Waals surface area contributed by atoms with Crippen LogP contribution in [0.25, 0.3) is 0 Å². The number of ether oxygens (including phenoxy) is 2. The van der Waals surface area contributed by atoms with E-state index in [4.69, 9.17) is 9.47 Å². The SMILES string of the molecule is CC(C)(C)C(NC(=O)OC1CCCC1)C(=O)N1CCC2(CC2)CC1C(=O)N1CC2(CC1C#N)Oc1cccnc1NC2=O. The first-order valence-corrected chi connectivity index (χ1v) is 15.4. The van der Waals surface area contributed by atoms with Gasteiger partial charge in [0.1, 0.15) is 24.2 Å². The summed E-state index contributed by atoms with van der Waals surface area (Å²) in [5, 5.41) is 15.7. The first-order valence-electron chi connectivity index (χ1n) is 15.4. The van der Waals surface area contributed by atoms with Gasteiger partial charge in [0.05, 0.1) is 12.6 Å². The smallest absolute Gasteiger partial charge is 0.408 e. The summed E-state index contributed by atoms with van der Waals surface area (Å²) in [6.45, 7) is 5.86. The molecule has 4 atom stereocenters. The monoisotopic (exact) mass is 592 g/mol. The highest BCUT2D eigenvalue weighted by atomic mass is 16.6. The van der Waals surface area contributed by atoms with Crippen LogP contribution in [-0.2, 0) is 19.1 Å². The molecule has 1 aromatic rings. The van der Waals surface area contributed by atoms with E-state index in [0.29, 0.717) is 24.5 Å². The van der Waals surface area contributed by atoms with Crippen molar-refractivity contribution in [1.82, 2.24) is 20.1 Å². The maximum atomic E-state index is 14.4. The molecular formula is C31H40N6O6. The molecule has 6 rings (SSSR count). The van der Waals surface area contributed by atoms with Crippen LogP contribution in [0.5, 0.6) is 5.75 Å². The Kier molecular flexibility index (Phi) is 7.26. The van der Waals surface area contributed by atoms with Gasteiger partial charge in [-0.25, -0.2) is 9.78 Å². The molecule has 2 aliphatic carbocycles. The summed E-state index contributed by atoms with van der Waals surface area (Å²) in [6.07, 6.45) is 7.62. The van der Waals surface area contributed by atoms with Gasteiger partial charge >= 0.3 is 6.09 Å². The fourth-order valence-corrected chi connectivity index (χ4v) is 7.07. The van der Waals surface area contributed by atoms with E-state index in [9.17, 15) is 24.4 Å². The van der Waals surface area contributed by atoms with Crippen LogP contribution in [0.3, 0.4) is 0 Å². The zero-order valence-electron chi connectivity index (χ0n) is 25.1. The largest absolute Gasteiger partial charge is 0.472 e. The number of alkyl carbamates (subject to hydrolysis) is 1. The predicted octanol–water partition coefficient (Wildman–Crippen LogP) is 3.13. The fourth-order valence-electron chi connectivity index (χ4n) is 7.07. The number of anilines is 1. The third-order valence-corrected chi connectivity index (χ3v) is 9.84. The van der Waals surface area contributed by atoms with Gasteiger partial charge in [-0.2, -0.15) is 5.26 Å². The molecule has 0 aromatic carbocycles. The number of piperidine rings is 1. The molecule has 4 heterocycles. The maximum absolute atomic E-state index is 14.4. The summed E-state index contributed by atoms with van der Waals surface area (Å²) in [6, 6.07) is 2.91. The lowest BCUT2D eigenvalue weighted by molar-refractivity contribution is -0.152. The van der Waals surface area contributed by atoms with Crippen LogP contribution in [0.4, 0.5) is 10.6 Å². The Morgan fingerprint density at radius 2 is 1.93 bits per heavy atom. The van der Waals surface area contributed by atoms with E-state index in [0.717, 1.165) is 44.9 Å². The maximum Gasteiger partial charge on any atom is 0.408 e. The van der Waals surface area contributed by atoms with Crippen molar-refractivity contribution in [3.05, 3.63) is 18.3 Å². The lowest BCUT2D eigenvalue weighted by Crippen LogP contribution is -2.62. The summed E-state index contributed by atoms with van der Waals surface area (Å²) < 4.78 is 11.8. The number of likely N-dealkylation sites (tertiary alicyclic amines) is 2. The number of carbonyl (C=O) groups excluding carboxylic acids is 4. The van der Waals surface area contributed by atoms with Gasteiger partial charge < -0.3 is 29.9 Å². The summed E-state index contributed by atoms with van der Waals surface area (Å²) in [4.78, 5) is 61.9. The Labute approximate surface area is 251 Å². The van der Waals surface area contributed by atoms with Crippen LogP contribution in [0.2, 0.25) is 0 Å². The van der Waals surface area contributed by atoms with Crippen molar-refractivity contribution in [2.24, 2.45) is 10.8 Å². The number of rotatable bonds is 4. The van der Waals surface area contributed by atoms with Gasteiger partial charge in [-0.3, -0.25) is 14.4 Å². The number of carbonyl (C=O) groups is 4. The number of pyridine rings is 1. The van der Waals surface area contributed by atoms with Crippen molar-refractivity contribution >= 4 is 29.6 Å². The van der Waals surface area contributed by atoms with Crippen LogP contribution >= 0.6 is 0 Å². The van der Waals surface area contributed by atoms with Crippen LogP contribution in [0.15, 0.2) is 18.3 Å². The van der Waals surface area contributed by atoms with Crippen LogP contribution in [-0.4, -0.2) is 81.5 Å². The Bertz CT molecular complexity index is 1360.